The number of ketones is 1. The first-order valence-corrected chi connectivity index (χ1v) is 8.87. The second kappa shape index (κ2) is 9.34. The first-order valence-electron chi connectivity index (χ1n) is 8.87. The molecule has 0 aliphatic rings. The molecule has 0 radical (unpaired) electrons. The van der Waals surface area contributed by atoms with Gasteiger partial charge in [0.25, 0.3) is 0 Å². The Hall–Kier alpha value is -2.81. The molecule has 162 valence electrons. The lowest BCUT2D eigenvalue weighted by Crippen LogP contribution is -2.20. The van der Waals surface area contributed by atoms with Crippen LogP contribution >= 0.6 is 0 Å². The third-order valence-electron chi connectivity index (χ3n) is 4.10. The van der Waals surface area contributed by atoms with Crippen molar-refractivity contribution >= 4 is 17.5 Å². The van der Waals surface area contributed by atoms with Crippen LogP contribution in [0.5, 0.6) is 0 Å². The van der Waals surface area contributed by atoms with Crippen LogP contribution in [0, 0.1) is 0 Å². The molecule has 2 rings (SSSR count). The number of nitrogens with one attached hydrogen (secondary N) is 1. The fourth-order valence-electron chi connectivity index (χ4n) is 2.50. The van der Waals surface area contributed by atoms with E-state index in [-0.39, 0.29) is 6.07 Å². The van der Waals surface area contributed by atoms with Crippen molar-refractivity contribution in [1.29, 1.82) is 0 Å². The number of carbonyl (C=O) groups is 1. The molecule has 0 aliphatic carbocycles. The number of likely N-dealkylation sites (N-methyl/N-ethyl adjacent to an activating group) is 1. The molecular formula is C21H20F6N2O. The van der Waals surface area contributed by atoms with Crippen LogP contribution in [0.1, 0.15) is 27.0 Å². The van der Waals surface area contributed by atoms with Crippen LogP contribution in [0.3, 0.4) is 0 Å². The molecule has 0 aromatic heterocycles. The van der Waals surface area contributed by atoms with Gasteiger partial charge in [-0.3, -0.25) is 4.79 Å². The highest BCUT2D eigenvalue weighted by molar-refractivity contribution is 6.07. The number of hydrogen-bond acceptors (Lipinski definition) is 3. The topological polar surface area (TPSA) is 32.3 Å². The Kier molecular flexibility index (Phi) is 7.30. The summed E-state index contributed by atoms with van der Waals surface area (Å²) >= 11 is 0. The van der Waals surface area contributed by atoms with E-state index in [0.29, 0.717) is 17.7 Å². The zero-order valence-corrected chi connectivity index (χ0v) is 16.2. The van der Waals surface area contributed by atoms with Gasteiger partial charge < -0.3 is 10.2 Å². The maximum atomic E-state index is 12.9. The summed E-state index contributed by atoms with van der Waals surface area (Å²) in [6.07, 6.45) is -7.73. The second-order valence-electron chi connectivity index (χ2n) is 6.84. The highest BCUT2D eigenvalue weighted by Gasteiger charge is 2.37. The number of rotatable bonds is 7. The van der Waals surface area contributed by atoms with E-state index in [1.807, 2.05) is 19.0 Å². The minimum atomic E-state index is -5.00. The van der Waals surface area contributed by atoms with Crippen LogP contribution in [0.15, 0.2) is 48.5 Å². The summed E-state index contributed by atoms with van der Waals surface area (Å²) in [6.45, 7) is 1.55. The number of hydrogen-bond donors (Lipinski definition) is 1. The van der Waals surface area contributed by atoms with E-state index in [9.17, 15) is 31.1 Å². The van der Waals surface area contributed by atoms with Gasteiger partial charge in [0.2, 0.25) is 0 Å². The smallest absolute Gasteiger partial charge is 0.384 e. The Morgan fingerprint density at radius 1 is 0.933 bits per heavy atom. The van der Waals surface area contributed by atoms with Crippen molar-refractivity contribution in [2.45, 2.75) is 12.4 Å². The number of anilines is 1. The number of halogens is 6. The number of benzene rings is 2. The monoisotopic (exact) mass is 430 g/mol. The zero-order chi connectivity index (χ0) is 22.5. The van der Waals surface area contributed by atoms with E-state index < -0.39 is 34.8 Å². The standard InChI is InChI=1S/C21H20F6N2O/c1-29(2)10-9-28-18-6-3-14(4-7-18)5-8-19(30)15-11-16(20(22,23)24)13-17(12-15)21(25,26)27/h3-8,11-13,28H,9-10H2,1-2H3/b8-5+. The summed E-state index contributed by atoms with van der Waals surface area (Å²) in [7, 11) is 3.88. The molecule has 3 nitrogen and oxygen atoms in total. The molecule has 0 heterocycles. The molecular weight excluding hydrogens is 410 g/mol. The van der Waals surface area contributed by atoms with E-state index in [1.54, 1.807) is 24.3 Å². The Morgan fingerprint density at radius 2 is 1.47 bits per heavy atom. The van der Waals surface area contributed by atoms with Crippen molar-refractivity contribution in [1.82, 2.24) is 4.90 Å². The molecule has 0 unspecified atom stereocenters. The van der Waals surface area contributed by atoms with Crippen LogP contribution in [-0.2, 0) is 12.4 Å². The van der Waals surface area contributed by atoms with Gasteiger partial charge in [0, 0.05) is 24.3 Å². The van der Waals surface area contributed by atoms with Crippen LogP contribution in [0.2, 0.25) is 0 Å². The molecule has 1 N–H and O–H groups in total. The van der Waals surface area contributed by atoms with E-state index in [1.165, 1.54) is 6.08 Å². The van der Waals surface area contributed by atoms with E-state index in [2.05, 4.69) is 5.32 Å². The van der Waals surface area contributed by atoms with Crippen LogP contribution in [0.25, 0.3) is 6.08 Å². The highest BCUT2D eigenvalue weighted by Crippen LogP contribution is 2.36. The van der Waals surface area contributed by atoms with Gasteiger partial charge in [0.15, 0.2) is 5.78 Å². The normalized spacial score (nSPS) is 12.6. The van der Waals surface area contributed by atoms with Gasteiger partial charge in [-0.2, -0.15) is 26.3 Å². The summed E-state index contributed by atoms with van der Waals surface area (Å²) in [4.78, 5) is 14.2. The van der Waals surface area contributed by atoms with Gasteiger partial charge in [-0.05, 0) is 56.1 Å². The average Bonchev–Trinajstić information content (AvgIpc) is 2.65. The predicted molar refractivity (Wildman–Crippen MR) is 103 cm³/mol. The molecule has 2 aromatic rings. The quantitative estimate of drug-likeness (QED) is 0.353. The molecule has 0 spiro atoms. The Balaban J connectivity index is 2.17. The minimum Gasteiger partial charge on any atom is -0.384 e. The molecule has 0 saturated carbocycles. The van der Waals surface area contributed by atoms with Gasteiger partial charge in [0.05, 0.1) is 11.1 Å². The average molecular weight is 430 g/mol. The summed E-state index contributed by atoms with van der Waals surface area (Å²) in [6, 6.07) is 7.68. The zero-order valence-electron chi connectivity index (χ0n) is 16.2. The van der Waals surface area contributed by atoms with Crippen LogP contribution in [0.4, 0.5) is 32.0 Å². The lowest BCUT2D eigenvalue weighted by Gasteiger charge is -2.13. The summed E-state index contributed by atoms with van der Waals surface area (Å²) < 4.78 is 77.5. The van der Waals surface area contributed by atoms with Crippen molar-refractivity contribution in [2.24, 2.45) is 0 Å². The number of alkyl halides is 6. The lowest BCUT2D eigenvalue weighted by molar-refractivity contribution is -0.143. The van der Waals surface area contributed by atoms with E-state index >= 15 is 0 Å². The molecule has 0 aliphatic heterocycles. The molecule has 30 heavy (non-hydrogen) atoms. The third kappa shape index (κ3) is 6.91. The Bertz CT molecular complexity index is 867. The molecule has 0 saturated heterocycles. The van der Waals surface area contributed by atoms with Gasteiger partial charge >= 0.3 is 12.4 Å². The van der Waals surface area contributed by atoms with Crippen LogP contribution < -0.4 is 5.32 Å². The third-order valence-corrected chi connectivity index (χ3v) is 4.10. The fourth-order valence-corrected chi connectivity index (χ4v) is 2.50. The first kappa shape index (κ1) is 23.5. The highest BCUT2D eigenvalue weighted by atomic mass is 19.4. The van der Waals surface area contributed by atoms with E-state index in [4.69, 9.17) is 0 Å². The van der Waals surface area contributed by atoms with Crippen molar-refractivity contribution < 1.29 is 31.1 Å². The molecule has 0 atom stereocenters. The summed E-state index contributed by atoms with van der Waals surface area (Å²) in [5.41, 5.74) is -2.32. The largest absolute Gasteiger partial charge is 0.416 e. The maximum absolute atomic E-state index is 12.9. The molecule has 2 aromatic carbocycles. The van der Waals surface area contributed by atoms with Crippen molar-refractivity contribution in [3.8, 4) is 0 Å². The molecule has 0 fully saturated rings. The van der Waals surface area contributed by atoms with Crippen molar-refractivity contribution in [3.05, 3.63) is 70.8 Å². The van der Waals surface area contributed by atoms with Crippen molar-refractivity contribution in [3.63, 3.8) is 0 Å². The number of allylic oxidation sites excluding steroid dienone is 1. The molecule has 0 amide bonds. The van der Waals surface area contributed by atoms with Gasteiger partial charge in [-0.25, -0.2) is 0 Å². The fraction of sp³-hybridized carbons (Fsp3) is 0.286. The lowest BCUT2D eigenvalue weighted by atomic mass is 10.0. The Labute approximate surface area is 170 Å². The SMILES string of the molecule is CN(C)CCNc1ccc(/C=C/C(=O)c2cc(C(F)(F)F)cc(C(F)(F)F)c2)cc1. The van der Waals surface area contributed by atoms with Gasteiger partial charge in [0.1, 0.15) is 0 Å². The van der Waals surface area contributed by atoms with Crippen molar-refractivity contribution in [2.75, 3.05) is 32.5 Å². The van der Waals surface area contributed by atoms with Gasteiger partial charge in [-0.1, -0.05) is 18.2 Å². The molecule has 0 bridgehead atoms. The number of carbonyl (C=O) groups excluding carboxylic acids is 1. The van der Waals surface area contributed by atoms with E-state index in [0.717, 1.165) is 24.9 Å². The molecule has 9 heteroatoms. The summed E-state index contributed by atoms with van der Waals surface area (Å²) in [5, 5.41) is 3.19. The predicted octanol–water partition coefficient (Wildman–Crippen LogP) is 5.59. The number of nitrogens with zero attached hydrogens (tertiary/aromatic N) is 1. The second-order valence-corrected chi connectivity index (χ2v) is 6.84. The summed E-state index contributed by atoms with van der Waals surface area (Å²) in [5.74, 6) is -0.959. The first-order chi connectivity index (χ1) is 13.9. The maximum Gasteiger partial charge on any atom is 0.416 e. The minimum absolute atomic E-state index is 0.0114. The van der Waals surface area contributed by atoms with Gasteiger partial charge in [-0.15, -0.1) is 0 Å². The van der Waals surface area contributed by atoms with Crippen LogP contribution in [-0.4, -0.2) is 37.9 Å². The Morgan fingerprint density at radius 3 is 1.93 bits per heavy atom.